The molecule has 3 rings (SSSR count). The molecule has 0 radical (unpaired) electrons. The lowest BCUT2D eigenvalue weighted by Crippen LogP contribution is -2.33. The SMILES string of the molecule is CC1(CNc2nc3ccccc3[nH]2)CCOCC1. The Morgan fingerprint density at radius 2 is 2.11 bits per heavy atom. The summed E-state index contributed by atoms with van der Waals surface area (Å²) in [4.78, 5) is 7.83. The monoisotopic (exact) mass is 245 g/mol. The largest absolute Gasteiger partial charge is 0.381 e. The van der Waals surface area contributed by atoms with Crippen molar-refractivity contribution in [2.45, 2.75) is 19.8 Å². The number of benzene rings is 1. The molecule has 1 aromatic carbocycles. The number of hydrogen-bond donors (Lipinski definition) is 2. The van der Waals surface area contributed by atoms with E-state index in [2.05, 4.69) is 22.2 Å². The topological polar surface area (TPSA) is 49.9 Å². The number of nitrogens with zero attached hydrogens (tertiary/aromatic N) is 1. The van der Waals surface area contributed by atoms with Gasteiger partial charge < -0.3 is 15.0 Å². The van der Waals surface area contributed by atoms with Gasteiger partial charge in [-0.3, -0.25) is 0 Å². The number of aromatic nitrogens is 2. The van der Waals surface area contributed by atoms with Crippen molar-refractivity contribution in [2.24, 2.45) is 5.41 Å². The zero-order valence-corrected chi connectivity index (χ0v) is 10.7. The standard InChI is InChI=1S/C14H19N3O/c1-14(6-8-18-9-7-14)10-15-13-16-11-4-2-3-5-12(11)17-13/h2-5H,6-10H2,1H3,(H2,15,16,17). The number of imidazole rings is 1. The number of nitrogens with one attached hydrogen (secondary N) is 2. The molecule has 18 heavy (non-hydrogen) atoms. The first-order valence-corrected chi connectivity index (χ1v) is 6.52. The van der Waals surface area contributed by atoms with Crippen LogP contribution in [-0.4, -0.2) is 29.7 Å². The third-order valence-corrected chi connectivity index (χ3v) is 3.77. The summed E-state index contributed by atoms with van der Waals surface area (Å²) >= 11 is 0. The predicted octanol–water partition coefficient (Wildman–Crippen LogP) is 2.79. The van der Waals surface area contributed by atoms with Gasteiger partial charge in [-0.25, -0.2) is 4.98 Å². The summed E-state index contributed by atoms with van der Waals surface area (Å²) in [6.45, 7) is 5.00. The molecule has 1 aromatic heterocycles. The molecule has 1 saturated heterocycles. The Morgan fingerprint density at radius 1 is 1.33 bits per heavy atom. The van der Waals surface area contributed by atoms with E-state index in [0.29, 0.717) is 5.41 Å². The van der Waals surface area contributed by atoms with Gasteiger partial charge in [0.2, 0.25) is 5.95 Å². The van der Waals surface area contributed by atoms with E-state index in [-0.39, 0.29) is 0 Å². The average Bonchev–Trinajstić information content (AvgIpc) is 2.80. The van der Waals surface area contributed by atoms with Crippen LogP contribution < -0.4 is 5.32 Å². The third-order valence-electron chi connectivity index (χ3n) is 3.77. The highest BCUT2D eigenvalue weighted by molar-refractivity contribution is 5.77. The van der Waals surface area contributed by atoms with Crippen LogP contribution in [0.4, 0.5) is 5.95 Å². The van der Waals surface area contributed by atoms with Crippen molar-refractivity contribution < 1.29 is 4.74 Å². The molecule has 0 bridgehead atoms. The Kier molecular flexibility index (Phi) is 2.96. The summed E-state index contributed by atoms with van der Waals surface area (Å²) < 4.78 is 5.41. The first kappa shape index (κ1) is 11.5. The van der Waals surface area contributed by atoms with Crippen molar-refractivity contribution in [3.63, 3.8) is 0 Å². The minimum Gasteiger partial charge on any atom is -0.381 e. The highest BCUT2D eigenvalue weighted by Crippen LogP contribution is 2.29. The highest BCUT2D eigenvalue weighted by atomic mass is 16.5. The molecule has 2 heterocycles. The number of hydrogen-bond acceptors (Lipinski definition) is 3. The summed E-state index contributed by atoms with van der Waals surface area (Å²) in [5.74, 6) is 0.865. The van der Waals surface area contributed by atoms with Crippen molar-refractivity contribution in [3.05, 3.63) is 24.3 Å². The number of anilines is 1. The molecule has 1 fully saturated rings. The van der Waals surface area contributed by atoms with Crippen LogP contribution >= 0.6 is 0 Å². The first-order chi connectivity index (χ1) is 8.75. The fourth-order valence-corrected chi connectivity index (χ4v) is 2.37. The zero-order valence-electron chi connectivity index (χ0n) is 10.7. The molecule has 1 aliphatic heterocycles. The fourth-order valence-electron chi connectivity index (χ4n) is 2.37. The van der Waals surface area contributed by atoms with Crippen molar-refractivity contribution >= 4 is 17.0 Å². The minimum atomic E-state index is 0.317. The normalized spacial score (nSPS) is 18.9. The molecule has 0 saturated carbocycles. The van der Waals surface area contributed by atoms with Gasteiger partial charge in [-0.2, -0.15) is 0 Å². The van der Waals surface area contributed by atoms with Gasteiger partial charge in [0.15, 0.2) is 0 Å². The molecule has 2 N–H and O–H groups in total. The van der Waals surface area contributed by atoms with Crippen LogP contribution in [0.1, 0.15) is 19.8 Å². The van der Waals surface area contributed by atoms with Gasteiger partial charge in [-0.15, -0.1) is 0 Å². The Bertz CT molecular complexity index is 496. The number of ether oxygens (including phenoxy) is 1. The number of fused-ring (bicyclic) bond motifs is 1. The summed E-state index contributed by atoms with van der Waals surface area (Å²) in [6.07, 6.45) is 2.22. The Labute approximate surface area is 107 Å². The molecule has 2 aromatic rings. The molecule has 0 aliphatic carbocycles. The van der Waals surface area contributed by atoms with E-state index < -0.39 is 0 Å². The molecule has 0 spiro atoms. The molecular weight excluding hydrogens is 226 g/mol. The van der Waals surface area contributed by atoms with Crippen LogP contribution in [0.3, 0.4) is 0 Å². The summed E-state index contributed by atoms with van der Waals surface area (Å²) in [5.41, 5.74) is 2.41. The van der Waals surface area contributed by atoms with Crippen LogP contribution in [0.25, 0.3) is 11.0 Å². The second-order valence-corrected chi connectivity index (χ2v) is 5.38. The zero-order chi connectivity index (χ0) is 12.4. The molecule has 0 amide bonds. The van der Waals surface area contributed by atoms with Gasteiger partial charge in [0.05, 0.1) is 11.0 Å². The lowest BCUT2D eigenvalue weighted by atomic mass is 9.82. The van der Waals surface area contributed by atoms with Gasteiger partial charge >= 0.3 is 0 Å². The number of para-hydroxylation sites is 2. The van der Waals surface area contributed by atoms with E-state index in [0.717, 1.165) is 49.6 Å². The predicted molar refractivity (Wildman–Crippen MR) is 72.7 cm³/mol. The maximum absolute atomic E-state index is 5.41. The van der Waals surface area contributed by atoms with E-state index in [1.807, 2.05) is 24.3 Å². The van der Waals surface area contributed by atoms with Crippen molar-refractivity contribution in [1.29, 1.82) is 0 Å². The maximum atomic E-state index is 5.41. The lowest BCUT2D eigenvalue weighted by molar-refractivity contribution is 0.0299. The second-order valence-electron chi connectivity index (χ2n) is 5.38. The van der Waals surface area contributed by atoms with Crippen molar-refractivity contribution in [2.75, 3.05) is 25.1 Å². The van der Waals surface area contributed by atoms with E-state index >= 15 is 0 Å². The van der Waals surface area contributed by atoms with Crippen LogP contribution in [0.2, 0.25) is 0 Å². The van der Waals surface area contributed by atoms with E-state index in [9.17, 15) is 0 Å². The maximum Gasteiger partial charge on any atom is 0.201 e. The molecule has 0 atom stereocenters. The lowest BCUT2D eigenvalue weighted by Gasteiger charge is -2.33. The first-order valence-electron chi connectivity index (χ1n) is 6.52. The van der Waals surface area contributed by atoms with Crippen LogP contribution in [0.5, 0.6) is 0 Å². The molecule has 4 heteroatoms. The van der Waals surface area contributed by atoms with E-state index in [4.69, 9.17) is 4.74 Å². The number of H-pyrrole nitrogens is 1. The fraction of sp³-hybridized carbons (Fsp3) is 0.500. The smallest absolute Gasteiger partial charge is 0.201 e. The Morgan fingerprint density at radius 3 is 2.89 bits per heavy atom. The average molecular weight is 245 g/mol. The minimum absolute atomic E-state index is 0.317. The molecule has 0 unspecified atom stereocenters. The molecule has 1 aliphatic rings. The van der Waals surface area contributed by atoms with Crippen molar-refractivity contribution in [3.8, 4) is 0 Å². The van der Waals surface area contributed by atoms with E-state index in [1.54, 1.807) is 0 Å². The third kappa shape index (κ3) is 2.34. The van der Waals surface area contributed by atoms with Gasteiger partial charge in [-0.1, -0.05) is 19.1 Å². The van der Waals surface area contributed by atoms with Crippen LogP contribution in [0, 0.1) is 5.41 Å². The van der Waals surface area contributed by atoms with Gasteiger partial charge in [0.1, 0.15) is 0 Å². The second kappa shape index (κ2) is 4.61. The quantitative estimate of drug-likeness (QED) is 0.874. The van der Waals surface area contributed by atoms with Gasteiger partial charge in [-0.05, 0) is 30.4 Å². The van der Waals surface area contributed by atoms with Crippen LogP contribution in [0.15, 0.2) is 24.3 Å². The van der Waals surface area contributed by atoms with Crippen LogP contribution in [-0.2, 0) is 4.74 Å². The van der Waals surface area contributed by atoms with Gasteiger partial charge in [0.25, 0.3) is 0 Å². The van der Waals surface area contributed by atoms with E-state index in [1.165, 1.54) is 0 Å². The van der Waals surface area contributed by atoms with Gasteiger partial charge in [0, 0.05) is 19.8 Å². The molecule has 96 valence electrons. The Balaban J connectivity index is 1.69. The summed E-state index contributed by atoms with van der Waals surface area (Å²) in [7, 11) is 0. The molecule has 4 nitrogen and oxygen atoms in total. The summed E-state index contributed by atoms with van der Waals surface area (Å²) in [6, 6.07) is 8.09. The number of aromatic amines is 1. The van der Waals surface area contributed by atoms with Crippen molar-refractivity contribution in [1.82, 2.24) is 9.97 Å². The molecular formula is C14H19N3O. The highest BCUT2D eigenvalue weighted by Gasteiger charge is 2.27. The number of rotatable bonds is 3. The summed E-state index contributed by atoms with van der Waals surface area (Å²) in [5, 5.41) is 3.42. The Hall–Kier alpha value is -1.55.